The topological polar surface area (TPSA) is 97.5 Å². The number of ether oxygens (including phenoxy) is 1. The number of alkyl halides is 3. The molecule has 0 aromatic heterocycles. The van der Waals surface area contributed by atoms with E-state index in [9.17, 15) is 27.6 Å². The molecule has 49 heavy (non-hydrogen) atoms. The lowest BCUT2D eigenvalue weighted by Crippen LogP contribution is -2.70. The van der Waals surface area contributed by atoms with Gasteiger partial charge in [0.15, 0.2) is 0 Å². The number of piperidine rings is 2. The number of fused-ring (bicyclic) bond motifs is 1. The van der Waals surface area contributed by atoms with Crippen LogP contribution in [0.3, 0.4) is 0 Å². The van der Waals surface area contributed by atoms with Gasteiger partial charge in [0.2, 0.25) is 0 Å². The molecule has 0 radical (unpaired) electrons. The maximum atomic E-state index is 14.0. The van der Waals surface area contributed by atoms with Crippen molar-refractivity contribution in [1.29, 1.82) is 0 Å². The summed E-state index contributed by atoms with van der Waals surface area (Å²) in [5, 5.41) is 6.52. The molecule has 4 aliphatic heterocycles. The lowest BCUT2D eigenvalue weighted by molar-refractivity contribution is -0.138. The van der Waals surface area contributed by atoms with Crippen LogP contribution in [0.25, 0.3) is 0 Å². The first kappa shape index (κ1) is 35.6. The average molecular weight is 750 g/mol. The molecular weight excluding hydrogens is 705 g/mol. The van der Waals surface area contributed by atoms with Crippen molar-refractivity contribution in [3.63, 3.8) is 0 Å². The number of hydrogen-bond acceptors (Lipinski definition) is 7. The Labute approximate surface area is 293 Å². The second kappa shape index (κ2) is 15.4. The molecule has 4 aliphatic rings. The molecule has 1 unspecified atom stereocenters. The number of carbonyl (C=O) groups excluding carboxylic acids is 3. The zero-order chi connectivity index (χ0) is 34.6. The molecule has 0 spiro atoms. The molecule has 0 saturated carbocycles. The zero-order valence-electron chi connectivity index (χ0n) is 27.5. The van der Waals surface area contributed by atoms with Gasteiger partial charge in [-0.05, 0) is 74.5 Å². The number of rotatable bonds is 7. The number of urea groups is 1. The summed E-state index contributed by atoms with van der Waals surface area (Å²) >= 11 is 3.00. The quantitative estimate of drug-likeness (QED) is 0.351. The number of hydrogen-bond donors (Lipinski definition) is 2. The minimum absolute atomic E-state index is 0.0401. The standard InChI is InChI=1S/C35H44BrF3N6O4/c36-30-22-25(6-7-29(30)35(37,38)39)24-49-33(48)45-19-11-28(44-18-8-26-4-1-2-5-31(26)41-32(44)47)23-34(45,12-21-46)43-16-9-27(10-17-43)42-15-3-13-40-14-20-42/h1-2,4-7,21-22,27-28,40H,3,8-20,23-24H2,(H,41,47)/t28?,34-/m0/s1. The first-order chi connectivity index (χ1) is 23.6. The number of carbonyl (C=O) groups is 3. The second-order valence-electron chi connectivity index (χ2n) is 13.4. The maximum absolute atomic E-state index is 14.0. The number of likely N-dealkylation sites (tertiary alicyclic amines) is 2. The number of benzene rings is 2. The first-order valence-electron chi connectivity index (χ1n) is 17.2. The molecule has 0 aliphatic carbocycles. The van der Waals surface area contributed by atoms with E-state index in [2.05, 4.69) is 36.4 Å². The van der Waals surface area contributed by atoms with Gasteiger partial charge in [-0.25, -0.2) is 9.59 Å². The molecule has 2 N–H and O–H groups in total. The Morgan fingerprint density at radius 2 is 1.78 bits per heavy atom. The van der Waals surface area contributed by atoms with Crippen LogP contribution in [0.1, 0.15) is 55.2 Å². The molecule has 3 fully saturated rings. The van der Waals surface area contributed by atoms with Gasteiger partial charge in [-0.2, -0.15) is 13.2 Å². The lowest BCUT2D eigenvalue weighted by Gasteiger charge is -2.57. The Balaban J connectivity index is 1.23. The van der Waals surface area contributed by atoms with E-state index < -0.39 is 23.5 Å². The highest BCUT2D eigenvalue weighted by molar-refractivity contribution is 9.10. The fraction of sp³-hybridized carbons (Fsp3) is 0.571. The fourth-order valence-corrected chi connectivity index (χ4v) is 8.73. The third-order valence-electron chi connectivity index (χ3n) is 10.6. The van der Waals surface area contributed by atoms with Crippen LogP contribution in [0.4, 0.5) is 28.4 Å². The number of nitrogens with zero attached hydrogens (tertiary/aromatic N) is 4. The van der Waals surface area contributed by atoms with Crippen molar-refractivity contribution in [2.24, 2.45) is 0 Å². The van der Waals surface area contributed by atoms with Crippen molar-refractivity contribution in [3.05, 3.63) is 63.6 Å². The van der Waals surface area contributed by atoms with Crippen molar-refractivity contribution in [3.8, 4) is 0 Å². The van der Waals surface area contributed by atoms with Crippen LogP contribution in [0.5, 0.6) is 0 Å². The minimum Gasteiger partial charge on any atom is -0.445 e. The largest absolute Gasteiger partial charge is 0.445 e. The van der Waals surface area contributed by atoms with E-state index in [0.29, 0.717) is 50.5 Å². The van der Waals surface area contributed by atoms with Crippen LogP contribution in [0, 0.1) is 0 Å². The monoisotopic (exact) mass is 748 g/mol. The highest BCUT2D eigenvalue weighted by atomic mass is 79.9. The van der Waals surface area contributed by atoms with Gasteiger partial charge in [-0.3, -0.25) is 14.7 Å². The van der Waals surface area contributed by atoms with Gasteiger partial charge < -0.3 is 25.1 Å². The Hall–Kier alpha value is -3.20. The van der Waals surface area contributed by atoms with Crippen molar-refractivity contribution < 1.29 is 32.3 Å². The van der Waals surface area contributed by atoms with E-state index in [1.807, 2.05) is 29.2 Å². The molecule has 2 aromatic rings. The predicted molar refractivity (Wildman–Crippen MR) is 182 cm³/mol. The van der Waals surface area contributed by atoms with Gasteiger partial charge in [0.05, 0.1) is 5.56 Å². The van der Waals surface area contributed by atoms with Gasteiger partial charge >= 0.3 is 18.3 Å². The predicted octanol–water partition coefficient (Wildman–Crippen LogP) is 5.70. The van der Waals surface area contributed by atoms with Crippen LogP contribution in [0.2, 0.25) is 0 Å². The summed E-state index contributed by atoms with van der Waals surface area (Å²) in [7, 11) is 0. The lowest BCUT2D eigenvalue weighted by atomic mass is 9.84. The van der Waals surface area contributed by atoms with Gasteiger partial charge in [0.1, 0.15) is 18.6 Å². The van der Waals surface area contributed by atoms with Gasteiger partial charge in [-0.15, -0.1) is 0 Å². The Bertz CT molecular complexity index is 1500. The van der Waals surface area contributed by atoms with Crippen molar-refractivity contribution >= 4 is 40.0 Å². The average Bonchev–Trinajstić information content (AvgIpc) is 3.46. The molecule has 2 atom stereocenters. The number of amides is 3. The molecule has 3 saturated heterocycles. The maximum Gasteiger partial charge on any atom is 0.417 e. The summed E-state index contributed by atoms with van der Waals surface area (Å²) in [6, 6.07) is 11.3. The van der Waals surface area contributed by atoms with Crippen molar-refractivity contribution in [1.82, 2.24) is 24.9 Å². The van der Waals surface area contributed by atoms with E-state index in [-0.39, 0.29) is 36.1 Å². The summed E-state index contributed by atoms with van der Waals surface area (Å²) in [6.07, 6.45) is 0.128. The van der Waals surface area contributed by atoms with Crippen LogP contribution in [-0.4, -0.2) is 108 Å². The highest BCUT2D eigenvalue weighted by Gasteiger charge is 2.52. The number of nitrogens with one attached hydrogen (secondary N) is 2. The smallest absolute Gasteiger partial charge is 0.417 e. The second-order valence-corrected chi connectivity index (χ2v) is 14.3. The summed E-state index contributed by atoms with van der Waals surface area (Å²) < 4.78 is 45.6. The molecule has 14 heteroatoms. The van der Waals surface area contributed by atoms with Crippen molar-refractivity contribution in [2.45, 2.75) is 75.5 Å². The molecule has 266 valence electrons. The minimum atomic E-state index is -4.52. The Morgan fingerprint density at radius 1 is 1.00 bits per heavy atom. The fourth-order valence-electron chi connectivity index (χ4n) is 8.08. The summed E-state index contributed by atoms with van der Waals surface area (Å²) in [5.74, 6) is 0. The van der Waals surface area contributed by atoms with Crippen LogP contribution < -0.4 is 10.6 Å². The van der Waals surface area contributed by atoms with E-state index in [1.165, 1.54) is 12.1 Å². The third-order valence-corrected chi connectivity index (χ3v) is 11.3. The highest BCUT2D eigenvalue weighted by Crippen LogP contribution is 2.40. The van der Waals surface area contributed by atoms with Gasteiger partial charge in [-0.1, -0.05) is 40.2 Å². The number of halogens is 4. The first-order valence-corrected chi connectivity index (χ1v) is 18.0. The molecule has 4 heterocycles. The molecule has 0 bridgehead atoms. The summed E-state index contributed by atoms with van der Waals surface area (Å²) in [5.41, 5.74) is 0.399. The van der Waals surface area contributed by atoms with Gasteiger partial charge in [0, 0.05) is 74.4 Å². The van der Waals surface area contributed by atoms with E-state index in [0.717, 1.165) is 69.0 Å². The third kappa shape index (κ3) is 7.92. The zero-order valence-corrected chi connectivity index (χ0v) is 29.1. The molecular formula is C35H44BrF3N6O4. The molecule has 10 nitrogen and oxygen atoms in total. The van der Waals surface area contributed by atoms with Crippen LogP contribution >= 0.6 is 15.9 Å². The van der Waals surface area contributed by atoms with Crippen LogP contribution in [0.15, 0.2) is 46.9 Å². The van der Waals surface area contributed by atoms with Gasteiger partial charge in [0.25, 0.3) is 0 Å². The Morgan fingerprint density at radius 3 is 2.53 bits per heavy atom. The van der Waals surface area contributed by atoms with E-state index >= 15 is 0 Å². The molecule has 2 aromatic carbocycles. The van der Waals surface area contributed by atoms with Crippen molar-refractivity contribution in [2.75, 3.05) is 57.7 Å². The van der Waals surface area contributed by atoms with E-state index in [4.69, 9.17) is 4.74 Å². The molecule has 6 rings (SSSR count). The summed E-state index contributed by atoms with van der Waals surface area (Å²) in [4.78, 5) is 48.3. The SMILES string of the molecule is O=CC[C@@]1(N2CCC(N3CCCNCC3)CC2)CC(N2CCc3ccccc3NC2=O)CCN1C(=O)OCc1ccc(C(F)(F)F)c(Br)c1. The Kier molecular flexibility index (Phi) is 11.2. The van der Waals surface area contributed by atoms with Crippen LogP contribution in [-0.2, 0) is 28.7 Å². The number of aldehydes is 1. The van der Waals surface area contributed by atoms with E-state index in [1.54, 1.807) is 4.90 Å². The summed E-state index contributed by atoms with van der Waals surface area (Å²) in [6.45, 7) is 5.84. The normalized spacial score (nSPS) is 24.8. The molecule has 3 amide bonds. The number of para-hydroxylation sites is 1. The number of anilines is 1.